The Morgan fingerprint density at radius 3 is 2.25 bits per heavy atom. The Bertz CT molecular complexity index is 306. The smallest absolute Gasteiger partial charge is 0.138 e. The normalized spacial score (nSPS) is 36.8. The van der Waals surface area contributed by atoms with Gasteiger partial charge in [-0.05, 0) is 20.5 Å². The number of likely N-dealkylation sites (N-methyl/N-ethyl adjacent to an activating group) is 3. The van der Waals surface area contributed by atoms with Crippen LogP contribution in [0.1, 0.15) is 20.3 Å². The minimum atomic E-state index is -0.562. The molecule has 2 fully saturated rings. The zero-order chi connectivity index (χ0) is 14.2. The summed E-state index contributed by atoms with van der Waals surface area (Å²) >= 11 is 0. The molecule has 0 aromatic rings. The van der Waals surface area contributed by atoms with E-state index in [9.17, 15) is 5.11 Å². The van der Waals surface area contributed by atoms with Crippen molar-refractivity contribution >= 4 is 12.4 Å². The topological polar surface area (TPSA) is 59.2 Å². The van der Waals surface area contributed by atoms with E-state index in [4.69, 9.17) is 5.73 Å². The molecule has 3 N–H and O–H groups in total. The van der Waals surface area contributed by atoms with Gasteiger partial charge < -0.3 is 15.7 Å². The molecule has 20 heavy (non-hydrogen) atoms. The maximum absolute atomic E-state index is 10.3. The monoisotopic (exact) mass is 307 g/mol. The summed E-state index contributed by atoms with van der Waals surface area (Å²) in [5, 5.41) is 14.5. The first-order chi connectivity index (χ1) is 9.01. The highest BCUT2D eigenvalue weighted by molar-refractivity contribution is 5.85. The highest BCUT2D eigenvalue weighted by Crippen LogP contribution is 2.28. The van der Waals surface area contributed by atoms with E-state index in [1.807, 2.05) is 5.01 Å². The predicted molar refractivity (Wildman–Crippen MR) is 83.4 cm³/mol. The summed E-state index contributed by atoms with van der Waals surface area (Å²) in [6.07, 6.45) is 0.744. The number of aliphatic hydroxyl groups excluding tert-OH is 1. The number of hydrogen-bond donors (Lipinski definition) is 2. The molecule has 0 saturated carbocycles. The van der Waals surface area contributed by atoms with Crippen LogP contribution in [0.5, 0.6) is 0 Å². The first-order valence-electron chi connectivity index (χ1n) is 7.38. The Morgan fingerprint density at radius 1 is 1.20 bits per heavy atom. The largest absolute Gasteiger partial charge is 0.375 e. The van der Waals surface area contributed by atoms with Crippen molar-refractivity contribution in [1.29, 1.82) is 0 Å². The number of hydrazine groups is 1. The number of hydrogen-bond acceptors (Lipinski definition) is 6. The quantitative estimate of drug-likeness (QED) is 0.736. The summed E-state index contributed by atoms with van der Waals surface area (Å²) in [6.45, 7) is 7.96. The van der Waals surface area contributed by atoms with Gasteiger partial charge in [0.1, 0.15) is 6.23 Å². The molecule has 0 spiro atoms. The molecule has 2 rings (SSSR count). The van der Waals surface area contributed by atoms with Crippen LogP contribution >= 0.6 is 12.4 Å². The minimum Gasteiger partial charge on any atom is -0.375 e. The van der Waals surface area contributed by atoms with Gasteiger partial charge in [-0.15, -0.1) is 12.4 Å². The van der Waals surface area contributed by atoms with Crippen LogP contribution in [0, 0.1) is 0 Å². The second kappa shape index (κ2) is 7.35. The maximum Gasteiger partial charge on any atom is 0.138 e. The second-order valence-corrected chi connectivity index (χ2v) is 5.82. The molecule has 120 valence electrons. The number of likely N-dealkylation sites (tertiary alicyclic amines) is 1. The van der Waals surface area contributed by atoms with E-state index in [0.717, 1.165) is 26.2 Å². The standard InChI is InChI=1S/C13H29N5O.ClH/c1-5-17-12(11(14)13(19)18(17)6-2)16-8-7-10(9-16)15(3)4;/h10-13,19H,5-9,14H2,1-4H3;1H. The van der Waals surface area contributed by atoms with Crippen LogP contribution in [0.2, 0.25) is 0 Å². The van der Waals surface area contributed by atoms with Crippen LogP contribution in [0.3, 0.4) is 0 Å². The van der Waals surface area contributed by atoms with E-state index in [1.165, 1.54) is 6.42 Å². The number of halogens is 1. The van der Waals surface area contributed by atoms with Crippen molar-refractivity contribution in [1.82, 2.24) is 19.8 Å². The Kier molecular flexibility index (Phi) is 6.66. The van der Waals surface area contributed by atoms with E-state index in [1.54, 1.807) is 0 Å². The first-order valence-corrected chi connectivity index (χ1v) is 7.38. The molecule has 2 saturated heterocycles. The van der Waals surface area contributed by atoms with Crippen molar-refractivity contribution in [3.8, 4) is 0 Å². The molecule has 2 heterocycles. The molecular weight excluding hydrogens is 278 g/mol. The van der Waals surface area contributed by atoms with Crippen LogP contribution < -0.4 is 5.73 Å². The zero-order valence-electron chi connectivity index (χ0n) is 13.1. The molecule has 4 unspecified atom stereocenters. The van der Waals surface area contributed by atoms with E-state index >= 15 is 0 Å². The lowest BCUT2D eigenvalue weighted by atomic mass is 10.2. The first kappa shape index (κ1) is 18.1. The fraction of sp³-hybridized carbons (Fsp3) is 1.00. The van der Waals surface area contributed by atoms with Gasteiger partial charge in [0.15, 0.2) is 0 Å². The van der Waals surface area contributed by atoms with Gasteiger partial charge in [-0.3, -0.25) is 4.90 Å². The Balaban J connectivity index is 0.00000200. The molecule has 0 aliphatic carbocycles. The average Bonchev–Trinajstić information content (AvgIpc) is 2.94. The van der Waals surface area contributed by atoms with Crippen LogP contribution in [-0.2, 0) is 0 Å². The zero-order valence-corrected chi connectivity index (χ0v) is 13.9. The minimum absolute atomic E-state index is 0. The third kappa shape index (κ3) is 3.11. The molecule has 0 bridgehead atoms. The molecule has 0 aromatic heterocycles. The van der Waals surface area contributed by atoms with E-state index in [2.05, 4.69) is 42.8 Å². The lowest BCUT2D eigenvalue weighted by Crippen LogP contribution is -2.54. The SMILES string of the molecule is CCN1C(O)C(N)C(N2CCC(N(C)C)C2)N1CC.Cl. The molecule has 2 aliphatic heterocycles. The number of nitrogens with zero attached hydrogens (tertiary/aromatic N) is 4. The van der Waals surface area contributed by atoms with Gasteiger partial charge in [0.2, 0.25) is 0 Å². The fourth-order valence-electron chi connectivity index (χ4n) is 3.45. The maximum atomic E-state index is 10.3. The predicted octanol–water partition coefficient (Wildman–Crippen LogP) is -0.412. The second-order valence-electron chi connectivity index (χ2n) is 5.82. The van der Waals surface area contributed by atoms with Gasteiger partial charge in [-0.25, -0.2) is 10.0 Å². The van der Waals surface area contributed by atoms with Crippen molar-refractivity contribution in [3.05, 3.63) is 0 Å². The number of aliphatic hydroxyl groups is 1. The van der Waals surface area contributed by atoms with Gasteiger partial charge in [0.05, 0.1) is 12.2 Å². The van der Waals surface area contributed by atoms with Gasteiger partial charge in [0.25, 0.3) is 0 Å². The Labute approximate surface area is 128 Å². The summed E-state index contributed by atoms with van der Waals surface area (Å²) in [7, 11) is 4.26. The summed E-state index contributed by atoms with van der Waals surface area (Å²) in [5.41, 5.74) is 6.27. The van der Waals surface area contributed by atoms with Gasteiger partial charge in [-0.2, -0.15) is 0 Å². The highest BCUT2D eigenvalue weighted by atomic mass is 35.5. The third-order valence-corrected chi connectivity index (χ3v) is 4.58. The van der Waals surface area contributed by atoms with E-state index < -0.39 is 6.23 Å². The van der Waals surface area contributed by atoms with Gasteiger partial charge >= 0.3 is 0 Å². The molecular formula is C13H30ClN5O. The fourth-order valence-corrected chi connectivity index (χ4v) is 3.45. The van der Waals surface area contributed by atoms with Crippen molar-refractivity contribution in [3.63, 3.8) is 0 Å². The van der Waals surface area contributed by atoms with E-state index in [-0.39, 0.29) is 24.6 Å². The highest BCUT2D eigenvalue weighted by Gasteiger charge is 2.47. The van der Waals surface area contributed by atoms with Crippen molar-refractivity contribution in [2.24, 2.45) is 5.73 Å². The summed E-state index contributed by atoms with van der Waals surface area (Å²) < 4.78 is 0. The molecule has 6 nitrogen and oxygen atoms in total. The third-order valence-electron chi connectivity index (χ3n) is 4.58. The van der Waals surface area contributed by atoms with Crippen molar-refractivity contribution in [2.45, 2.75) is 44.7 Å². The summed E-state index contributed by atoms with van der Waals surface area (Å²) in [4.78, 5) is 4.71. The Morgan fingerprint density at radius 2 is 1.80 bits per heavy atom. The van der Waals surface area contributed by atoms with Gasteiger partial charge in [-0.1, -0.05) is 13.8 Å². The lowest BCUT2D eigenvalue weighted by Gasteiger charge is -2.36. The Hall–Kier alpha value is 0.0500. The van der Waals surface area contributed by atoms with Crippen LogP contribution in [-0.4, -0.2) is 89.7 Å². The molecule has 0 amide bonds. The summed E-state index contributed by atoms with van der Waals surface area (Å²) in [6, 6.07) is 0.375. The van der Waals surface area contributed by atoms with Crippen LogP contribution in [0.25, 0.3) is 0 Å². The molecule has 0 radical (unpaired) electrons. The average molecular weight is 308 g/mol. The van der Waals surface area contributed by atoms with Crippen LogP contribution in [0.15, 0.2) is 0 Å². The van der Waals surface area contributed by atoms with Gasteiger partial charge in [0, 0.05) is 32.2 Å². The molecule has 7 heteroatoms. The summed E-state index contributed by atoms with van der Waals surface area (Å²) in [5.74, 6) is 0. The number of nitrogens with two attached hydrogens (primary N) is 1. The molecule has 2 aliphatic rings. The molecule has 0 aromatic carbocycles. The molecule has 4 atom stereocenters. The number of rotatable bonds is 4. The lowest BCUT2D eigenvalue weighted by molar-refractivity contribution is -0.104. The van der Waals surface area contributed by atoms with Crippen LogP contribution in [0.4, 0.5) is 0 Å². The van der Waals surface area contributed by atoms with Crippen molar-refractivity contribution < 1.29 is 5.11 Å². The van der Waals surface area contributed by atoms with Crippen molar-refractivity contribution in [2.75, 3.05) is 40.3 Å². The van der Waals surface area contributed by atoms with E-state index in [0.29, 0.717) is 6.04 Å².